The van der Waals surface area contributed by atoms with Gasteiger partial charge >= 0.3 is 0 Å². The van der Waals surface area contributed by atoms with Crippen molar-refractivity contribution in [3.05, 3.63) is 81.7 Å². The molecular weight excluding hydrogens is 317 g/mol. The molecule has 4 heteroatoms. The summed E-state index contributed by atoms with van der Waals surface area (Å²) in [5.41, 5.74) is 4.05. The van der Waals surface area contributed by atoms with Crippen LogP contribution in [0.2, 0.25) is 10.0 Å². The fraction of sp³-hybridized carbons (Fsp3) is 0. The van der Waals surface area contributed by atoms with Crippen LogP contribution in [-0.4, -0.2) is 0 Å². The molecule has 0 spiro atoms. The van der Waals surface area contributed by atoms with E-state index in [1.807, 2.05) is 53.7 Å². The van der Waals surface area contributed by atoms with Gasteiger partial charge in [-0.25, -0.2) is 0 Å². The lowest BCUT2D eigenvalue weighted by atomic mass is 9.94. The second-order valence-electron chi connectivity index (χ2n) is 4.82. The first kappa shape index (κ1) is 14.8. The van der Waals surface area contributed by atoms with Crippen molar-refractivity contribution in [2.45, 2.75) is 0 Å². The molecule has 0 aromatic heterocycles. The summed E-state index contributed by atoms with van der Waals surface area (Å²) in [5, 5.41) is 3.18. The summed E-state index contributed by atoms with van der Waals surface area (Å²) in [6.07, 6.45) is 0. The van der Waals surface area contributed by atoms with Crippen molar-refractivity contribution >= 4 is 28.9 Å². The number of rotatable bonds is 3. The number of halogens is 2. The highest BCUT2D eigenvalue weighted by Gasteiger charge is 2.18. The summed E-state index contributed by atoms with van der Waals surface area (Å²) < 4.78 is 0. The van der Waals surface area contributed by atoms with Gasteiger partial charge in [0.15, 0.2) is 0 Å². The summed E-state index contributed by atoms with van der Waals surface area (Å²) in [4.78, 5) is 11.2. The van der Waals surface area contributed by atoms with Crippen LogP contribution in [0.5, 0.6) is 0 Å². The van der Waals surface area contributed by atoms with Gasteiger partial charge in [0.1, 0.15) is 0 Å². The molecule has 3 rings (SSSR count). The van der Waals surface area contributed by atoms with E-state index < -0.39 is 0 Å². The van der Waals surface area contributed by atoms with Crippen LogP contribution >= 0.6 is 23.2 Å². The Labute approximate surface area is 138 Å². The summed E-state index contributed by atoms with van der Waals surface area (Å²) in [6, 6.07) is 20.6. The van der Waals surface area contributed by atoms with Crippen molar-refractivity contribution in [3.63, 3.8) is 0 Å². The molecule has 3 aromatic rings. The van der Waals surface area contributed by atoms with Crippen molar-refractivity contribution in [2.75, 3.05) is 0 Å². The lowest BCUT2D eigenvalue weighted by molar-refractivity contribution is -0.378. The van der Waals surface area contributed by atoms with E-state index in [0.29, 0.717) is 21.3 Å². The first-order chi connectivity index (χ1) is 10.7. The van der Waals surface area contributed by atoms with Gasteiger partial charge in [0.2, 0.25) is 0 Å². The summed E-state index contributed by atoms with van der Waals surface area (Å²) in [6.45, 7) is 0. The standard InChI is InChI=1S/C18H11Cl2NO/c19-13-10-8-12(9-11-13)14-4-1-2-5-15(14)18-16(20)6-3-7-17(18)21-22/h1-11H/p+1. The molecule has 0 fully saturated rings. The molecule has 0 atom stereocenters. The van der Waals surface area contributed by atoms with Gasteiger partial charge < -0.3 is 0 Å². The monoisotopic (exact) mass is 328 g/mol. The van der Waals surface area contributed by atoms with E-state index in [-0.39, 0.29) is 0 Å². The average molecular weight is 329 g/mol. The van der Waals surface area contributed by atoms with Gasteiger partial charge in [-0.05, 0) is 34.9 Å². The maximum atomic E-state index is 11.2. The van der Waals surface area contributed by atoms with E-state index in [4.69, 9.17) is 23.2 Å². The average Bonchev–Trinajstić information content (AvgIpc) is 2.55. The maximum Gasteiger partial charge on any atom is 0.262 e. The molecule has 0 heterocycles. The van der Waals surface area contributed by atoms with Crippen LogP contribution < -0.4 is 5.18 Å². The molecule has 2 nitrogen and oxygen atoms in total. The van der Waals surface area contributed by atoms with Gasteiger partial charge in [-0.2, -0.15) is 0 Å². The Hall–Kier alpha value is -2.16. The highest BCUT2D eigenvalue weighted by Crippen LogP contribution is 2.38. The molecular formula is C18H12Cl2NO+. The van der Waals surface area contributed by atoms with Gasteiger partial charge in [-0.3, -0.25) is 0 Å². The maximum absolute atomic E-state index is 11.2. The molecule has 22 heavy (non-hydrogen) atoms. The van der Waals surface area contributed by atoms with Crippen LogP contribution in [0.25, 0.3) is 22.3 Å². The molecule has 0 saturated carbocycles. The minimum atomic E-state index is 0.453. The molecule has 0 aliphatic heterocycles. The SMILES string of the molecule is O=[NH+]c1cccc(Cl)c1-c1ccccc1-c1ccc(Cl)cc1. The fourth-order valence-electron chi connectivity index (χ4n) is 2.47. The van der Waals surface area contributed by atoms with Crippen LogP contribution in [0, 0.1) is 4.91 Å². The molecule has 1 N–H and O–H groups in total. The second kappa shape index (κ2) is 6.30. The number of hydrogen-bond acceptors (Lipinski definition) is 1. The third-order valence-corrected chi connectivity index (χ3v) is 4.04. The zero-order valence-corrected chi connectivity index (χ0v) is 13.0. The van der Waals surface area contributed by atoms with Gasteiger partial charge in [0.25, 0.3) is 5.69 Å². The number of nitrogens with one attached hydrogen (secondary N) is 1. The van der Waals surface area contributed by atoms with Gasteiger partial charge in [-0.1, -0.05) is 65.7 Å². The highest BCUT2D eigenvalue weighted by atomic mass is 35.5. The number of nitroso groups, excluding NO2 is 1. The van der Waals surface area contributed by atoms with E-state index >= 15 is 0 Å². The predicted octanol–water partition coefficient (Wildman–Crippen LogP) is 4.81. The topological polar surface area (TPSA) is 31.0 Å². The molecule has 0 bridgehead atoms. The van der Waals surface area contributed by atoms with Gasteiger partial charge in [0, 0.05) is 21.2 Å². The van der Waals surface area contributed by atoms with E-state index in [9.17, 15) is 4.91 Å². The van der Waals surface area contributed by atoms with Gasteiger partial charge in [-0.15, -0.1) is 0 Å². The van der Waals surface area contributed by atoms with Crippen LogP contribution in [0.4, 0.5) is 5.69 Å². The van der Waals surface area contributed by atoms with Crippen LogP contribution in [0.3, 0.4) is 0 Å². The molecule has 3 aromatic carbocycles. The predicted molar refractivity (Wildman–Crippen MR) is 91.3 cm³/mol. The largest absolute Gasteiger partial charge is 0.262 e. The second-order valence-corrected chi connectivity index (χ2v) is 5.66. The molecule has 0 saturated heterocycles. The fourth-order valence-corrected chi connectivity index (χ4v) is 2.87. The van der Waals surface area contributed by atoms with E-state index in [1.54, 1.807) is 18.2 Å². The quantitative estimate of drug-likeness (QED) is 0.735. The zero-order chi connectivity index (χ0) is 15.5. The van der Waals surface area contributed by atoms with Gasteiger partial charge in [0.05, 0.1) is 10.6 Å². The Morgan fingerprint density at radius 3 is 2.09 bits per heavy atom. The lowest BCUT2D eigenvalue weighted by Gasteiger charge is -2.11. The Bertz CT molecular complexity index is 829. The molecule has 0 aliphatic carbocycles. The molecule has 0 amide bonds. The van der Waals surface area contributed by atoms with Crippen LogP contribution in [0.15, 0.2) is 66.7 Å². The van der Waals surface area contributed by atoms with E-state index in [0.717, 1.165) is 16.7 Å². The van der Waals surface area contributed by atoms with Crippen molar-refractivity contribution in [2.24, 2.45) is 0 Å². The van der Waals surface area contributed by atoms with Crippen LogP contribution in [0.1, 0.15) is 0 Å². The number of benzene rings is 3. The first-order valence-corrected chi connectivity index (χ1v) is 7.48. The Morgan fingerprint density at radius 2 is 1.41 bits per heavy atom. The summed E-state index contributed by atoms with van der Waals surface area (Å²) in [7, 11) is 0. The molecule has 0 aliphatic rings. The minimum Gasteiger partial charge on any atom is -0.0843 e. The van der Waals surface area contributed by atoms with Crippen molar-refractivity contribution < 1.29 is 5.18 Å². The smallest absolute Gasteiger partial charge is 0.0843 e. The third kappa shape index (κ3) is 2.76. The van der Waals surface area contributed by atoms with E-state index in [1.165, 1.54) is 0 Å². The number of hydrogen-bond donors (Lipinski definition) is 1. The summed E-state index contributed by atoms with van der Waals surface area (Å²) >= 11 is 12.3. The first-order valence-electron chi connectivity index (χ1n) is 6.72. The highest BCUT2D eigenvalue weighted by molar-refractivity contribution is 6.34. The van der Waals surface area contributed by atoms with Crippen molar-refractivity contribution in [3.8, 4) is 22.3 Å². The zero-order valence-electron chi connectivity index (χ0n) is 11.5. The minimum absolute atomic E-state index is 0.453. The lowest BCUT2D eigenvalue weighted by Crippen LogP contribution is -2.56. The van der Waals surface area contributed by atoms with E-state index in [2.05, 4.69) is 0 Å². The Morgan fingerprint density at radius 1 is 0.727 bits per heavy atom. The molecule has 0 radical (unpaired) electrons. The third-order valence-electron chi connectivity index (χ3n) is 3.48. The van der Waals surface area contributed by atoms with Crippen molar-refractivity contribution in [1.82, 2.24) is 0 Å². The van der Waals surface area contributed by atoms with Crippen LogP contribution in [-0.2, 0) is 0 Å². The molecule has 0 unspecified atom stereocenters. The summed E-state index contributed by atoms with van der Waals surface area (Å²) in [5.74, 6) is 0. The Balaban J connectivity index is 2.26. The van der Waals surface area contributed by atoms with Crippen molar-refractivity contribution in [1.29, 1.82) is 0 Å². The normalized spacial score (nSPS) is 10.5. The molecule has 108 valence electrons. The Kier molecular flexibility index (Phi) is 4.23.